The summed E-state index contributed by atoms with van der Waals surface area (Å²) in [5, 5.41) is 0.582. The Balaban J connectivity index is 1.54. The Morgan fingerprint density at radius 3 is 2.71 bits per heavy atom. The summed E-state index contributed by atoms with van der Waals surface area (Å²) in [5.41, 5.74) is 3.18. The fourth-order valence-corrected chi connectivity index (χ4v) is 4.19. The number of H-pyrrole nitrogens is 1. The topological polar surface area (TPSA) is 95.2 Å². The first-order valence-electron chi connectivity index (χ1n) is 8.61. The Kier molecular flexibility index (Phi) is 4.92. The van der Waals surface area contributed by atoms with Gasteiger partial charge in [-0.1, -0.05) is 23.7 Å². The first-order chi connectivity index (χ1) is 13.4. The van der Waals surface area contributed by atoms with Crippen LogP contribution in [0, 0.1) is 0 Å². The minimum absolute atomic E-state index is 0.00760. The van der Waals surface area contributed by atoms with Gasteiger partial charge in [0.05, 0.1) is 12.5 Å². The molecule has 0 saturated heterocycles. The number of carbonyl (C=O) groups is 1. The van der Waals surface area contributed by atoms with Gasteiger partial charge in [0.2, 0.25) is 0 Å². The maximum atomic E-state index is 12.9. The Morgan fingerprint density at radius 2 is 2.00 bits per heavy atom. The molecule has 3 aromatic rings. The Hall–Kier alpha value is -2.68. The van der Waals surface area contributed by atoms with Crippen LogP contribution in [-0.4, -0.2) is 30.8 Å². The van der Waals surface area contributed by atoms with E-state index in [4.69, 9.17) is 11.6 Å². The van der Waals surface area contributed by atoms with Crippen molar-refractivity contribution in [2.45, 2.75) is 18.0 Å². The van der Waals surface area contributed by atoms with E-state index in [0.717, 1.165) is 23.2 Å². The highest BCUT2D eigenvalue weighted by molar-refractivity contribution is 7.89. The average Bonchev–Trinajstić information content (AvgIpc) is 3.36. The lowest BCUT2D eigenvalue weighted by Gasteiger charge is -2.18. The van der Waals surface area contributed by atoms with Crippen molar-refractivity contribution in [2.75, 3.05) is 11.4 Å². The molecular formula is C19H17ClN4O3S. The summed E-state index contributed by atoms with van der Waals surface area (Å²) < 4.78 is 27.0. The Labute approximate surface area is 167 Å². The fourth-order valence-electron chi connectivity index (χ4n) is 3.14. The van der Waals surface area contributed by atoms with Gasteiger partial charge in [-0.15, -0.1) is 0 Å². The standard InChI is InChI=1S/C19H17ClN4O3S/c20-16-5-3-15(4-6-16)19(25)24-8-7-14-2-1-13(9-17(14)24)10-23-28(26,27)18-11-21-12-22-18/h1-6,9,11-12,23H,7-8,10H2,(H,21,22). The second-order valence-electron chi connectivity index (χ2n) is 6.42. The fraction of sp³-hybridized carbons (Fsp3) is 0.158. The summed E-state index contributed by atoms with van der Waals surface area (Å²) in [6.07, 6.45) is 3.32. The highest BCUT2D eigenvalue weighted by atomic mass is 35.5. The number of fused-ring (bicyclic) bond motifs is 1. The van der Waals surface area contributed by atoms with Crippen LogP contribution >= 0.6 is 11.6 Å². The first-order valence-corrected chi connectivity index (χ1v) is 10.5. The molecule has 1 amide bonds. The van der Waals surface area contributed by atoms with Gasteiger partial charge in [0.15, 0.2) is 5.03 Å². The van der Waals surface area contributed by atoms with Crippen molar-refractivity contribution in [1.29, 1.82) is 0 Å². The van der Waals surface area contributed by atoms with E-state index in [1.54, 1.807) is 29.2 Å². The van der Waals surface area contributed by atoms with Crippen molar-refractivity contribution < 1.29 is 13.2 Å². The van der Waals surface area contributed by atoms with E-state index in [1.807, 2.05) is 18.2 Å². The molecule has 0 bridgehead atoms. The van der Waals surface area contributed by atoms with Gasteiger partial charge in [-0.3, -0.25) is 4.79 Å². The molecule has 2 heterocycles. The molecule has 2 N–H and O–H groups in total. The van der Waals surface area contributed by atoms with Gasteiger partial charge in [0.25, 0.3) is 15.9 Å². The molecule has 0 aliphatic carbocycles. The molecule has 1 aliphatic rings. The molecular weight excluding hydrogens is 400 g/mol. The summed E-state index contributed by atoms with van der Waals surface area (Å²) in [6.45, 7) is 0.692. The number of halogens is 1. The van der Waals surface area contributed by atoms with Crippen LogP contribution in [0.4, 0.5) is 5.69 Å². The van der Waals surface area contributed by atoms with Crippen molar-refractivity contribution in [3.63, 3.8) is 0 Å². The predicted molar refractivity (Wildman–Crippen MR) is 106 cm³/mol. The van der Waals surface area contributed by atoms with Crippen LogP contribution in [0.25, 0.3) is 0 Å². The van der Waals surface area contributed by atoms with Crippen LogP contribution in [0.5, 0.6) is 0 Å². The highest BCUT2D eigenvalue weighted by Gasteiger charge is 2.26. The number of aromatic amines is 1. The molecule has 1 aromatic heterocycles. The van der Waals surface area contributed by atoms with Gasteiger partial charge in [0.1, 0.15) is 0 Å². The molecule has 0 fully saturated rings. The highest BCUT2D eigenvalue weighted by Crippen LogP contribution is 2.30. The maximum absolute atomic E-state index is 12.9. The molecule has 4 rings (SSSR count). The third-order valence-electron chi connectivity index (χ3n) is 4.61. The van der Waals surface area contributed by atoms with E-state index >= 15 is 0 Å². The molecule has 0 saturated carbocycles. The van der Waals surface area contributed by atoms with Gasteiger partial charge in [0, 0.05) is 29.4 Å². The molecule has 0 spiro atoms. The molecule has 0 radical (unpaired) electrons. The summed E-state index contributed by atoms with van der Waals surface area (Å²) in [5.74, 6) is -0.106. The van der Waals surface area contributed by atoms with Crippen molar-refractivity contribution in [3.8, 4) is 0 Å². The molecule has 1 aliphatic heterocycles. The van der Waals surface area contributed by atoms with Gasteiger partial charge < -0.3 is 9.88 Å². The molecule has 28 heavy (non-hydrogen) atoms. The molecule has 9 heteroatoms. The number of imidazole rings is 1. The average molecular weight is 417 g/mol. The van der Waals surface area contributed by atoms with Crippen LogP contribution < -0.4 is 9.62 Å². The molecule has 2 aromatic carbocycles. The Morgan fingerprint density at radius 1 is 1.21 bits per heavy atom. The number of nitrogens with zero attached hydrogens (tertiary/aromatic N) is 2. The zero-order chi connectivity index (χ0) is 19.7. The van der Waals surface area contributed by atoms with E-state index < -0.39 is 10.0 Å². The predicted octanol–water partition coefficient (Wildman–Crippen LogP) is 2.74. The minimum atomic E-state index is -3.67. The monoisotopic (exact) mass is 416 g/mol. The van der Waals surface area contributed by atoms with Crippen LogP contribution in [-0.2, 0) is 23.0 Å². The lowest BCUT2D eigenvalue weighted by atomic mass is 10.1. The summed E-state index contributed by atoms with van der Waals surface area (Å²) in [6, 6.07) is 12.4. The number of anilines is 1. The lowest BCUT2D eigenvalue weighted by Crippen LogP contribution is -2.29. The summed E-state index contributed by atoms with van der Waals surface area (Å²) >= 11 is 5.90. The van der Waals surface area contributed by atoms with Crippen LogP contribution in [0.3, 0.4) is 0 Å². The second kappa shape index (κ2) is 7.38. The number of hydrogen-bond donors (Lipinski definition) is 2. The molecule has 7 nitrogen and oxygen atoms in total. The van der Waals surface area contributed by atoms with Crippen molar-refractivity contribution in [1.82, 2.24) is 14.7 Å². The largest absolute Gasteiger partial charge is 0.335 e. The zero-order valence-electron chi connectivity index (χ0n) is 14.7. The van der Waals surface area contributed by atoms with E-state index in [1.165, 1.54) is 12.5 Å². The van der Waals surface area contributed by atoms with Gasteiger partial charge in [-0.05, 0) is 47.9 Å². The molecule has 0 atom stereocenters. The number of amides is 1. The zero-order valence-corrected chi connectivity index (χ0v) is 16.3. The Bertz CT molecular complexity index is 1110. The number of benzene rings is 2. The third-order valence-corrected chi connectivity index (χ3v) is 6.19. The van der Waals surface area contributed by atoms with Gasteiger partial charge in [-0.25, -0.2) is 18.1 Å². The maximum Gasteiger partial charge on any atom is 0.258 e. The smallest absolute Gasteiger partial charge is 0.258 e. The normalized spacial score (nSPS) is 13.5. The number of hydrogen-bond acceptors (Lipinski definition) is 4. The number of aromatic nitrogens is 2. The van der Waals surface area contributed by atoms with Crippen LogP contribution in [0.1, 0.15) is 21.5 Å². The summed E-state index contributed by atoms with van der Waals surface area (Å²) in [4.78, 5) is 20.9. The van der Waals surface area contributed by atoms with E-state index in [-0.39, 0.29) is 17.5 Å². The minimum Gasteiger partial charge on any atom is -0.335 e. The number of nitrogens with one attached hydrogen (secondary N) is 2. The quantitative estimate of drug-likeness (QED) is 0.668. The van der Waals surface area contributed by atoms with E-state index in [9.17, 15) is 13.2 Å². The SMILES string of the molecule is O=C(c1ccc(Cl)cc1)N1CCc2ccc(CNS(=O)(=O)c3cnc[nH]3)cc21. The van der Waals surface area contributed by atoms with Crippen LogP contribution in [0.15, 0.2) is 60.0 Å². The first kappa shape index (κ1) is 18.7. The summed E-state index contributed by atoms with van der Waals surface area (Å²) in [7, 11) is -3.67. The van der Waals surface area contributed by atoms with Crippen molar-refractivity contribution in [2.24, 2.45) is 0 Å². The molecule has 144 valence electrons. The van der Waals surface area contributed by atoms with Gasteiger partial charge in [-0.2, -0.15) is 0 Å². The third kappa shape index (κ3) is 3.66. The van der Waals surface area contributed by atoms with E-state index in [0.29, 0.717) is 17.1 Å². The molecule has 0 unspecified atom stereocenters. The van der Waals surface area contributed by atoms with Crippen molar-refractivity contribution in [3.05, 3.63) is 76.7 Å². The lowest BCUT2D eigenvalue weighted by molar-refractivity contribution is 0.0989. The number of sulfonamides is 1. The van der Waals surface area contributed by atoms with E-state index in [2.05, 4.69) is 14.7 Å². The number of carbonyl (C=O) groups excluding carboxylic acids is 1. The van der Waals surface area contributed by atoms with Gasteiger partial charge >= 0.3 is 0 Å². The van der Waals surface area contributed by atoms with Crippen LogP contribution in [0.2, 0.25) is 5.02 Å². The van der Waals surface area contributed by atoms with Crippen molar-refractivity contribution >= 4 is 33.2 Å². The number of rotatable bonds is 5. The second-order valence-corrected chi connectivity index (χ2v) is 8.59.